The number of hydrogen-bond acceptors (Lipinski definition) is 4. The van der Waals surface area contributed by atoms with Crippen LogP contribution in [0.4, 0.5) is 5.69 Å². The molecule has 0 heterocycles. The number of nitrogens with zero attached hydrogens (tertiary/aromatic N) is 2. The van der Waals surface area contributed by atoms with Crippen LogP contribution in [0.25, 0.3) is 0 Å². The van der Waals surface area contributed by atoms with Crippen LogP contribution in [0.1, 0.15) is 23.6 Å². The van der Waals surface area contributed by atoms with Crippen LogP contribution in [0.3, 0.4) is 0 Å². The first-order valence-electron chi connectivity index (χ1n) is 13.8. The number of nitrogens with one attached hydrogen (secondary N) is 1. The average molecular weight is 728 g/mol. The van der Waals surface area contributed by atoms with Gasteiger partial charge in [-0.2, -0.15) is 0 Å². The maximum atomic E-state index is 14.4. The molecule has 43 heavy (non-hydrogen) atoms. The Bertz CT molecular complexity index is 1650. The summed E-state index contributed by atoms with van der Waals surface area (Å²) in [7, 11) is -4.14. The Morgan fingerprint density at radius 1 is 0.814 bits per heavy atom. The van der Waals surface area contributed by atoms with E-state index in [1.165, 1.54) is 17.0 Å². The molecule has 1 atom stereocenters. The van der Waals surface area contributed by atoms with Crippen LogP contribution < -0.4 is 9.62 Å². The molecule has 224 valence electrons. The Hall–Kier alpha value is -3.47. The molecule has 0 aliphatic carbocycles. The van der Waals surface area contributed by atoms with Crippen molar-refractivity contribution in [2.24, 2.45) is 0 Å². The largest absolute Gasteiger partial charge is 0.355 e. The van der Waals surface area contributed by atoms with Gasteiger partial charge in [0.15, 0.2) is 0 Å². The molecule has 0 radical (unpaired) electrons. The second kappa shape index (κ2) is 14.8. The first kappa shape index (κ1) is 32.4. The van der Waals surface area contributed by atoms with Crippen LogP contribution in [0.5, 0.6) is 0 Å². The Labute approximate surface area is 270 Å². The molecule has 10 heteroatoms. The number of carbonyl (C=O) groups is 2. The monoisotopic (exact) mass is 725 g/mol. The molecule has 0 spiro atoms. The molecule has 4 aromatic rings. The van der Waals surface area contributed by atoms with Crippen molar-refractivity contribution in [2.45, 2.75) is 37.8 Å². The first-order valence-corrected chi connectivity index (χ1v) is 16.8. The lowest BCUT2D eigenvalue weighted by Gasteiger charge is -2.34. The number of amides is 2. The van der Waals surface area contributed by atoms with Crippen LogP contribution in [0, 0.1) is 6.92 Å². The highest BCUT2D eigenvalue weighted by atomic mass is 79.9. The van der Waals surface area contributed by atoms with Crippen LogP contribution in [-0.4, -0.2) is 44.3 Å². The quantitative estimate of drug-likeness (QED) is 0.181. The van der Waals surface area contributed by atoms with Gasteiger partial charge in [-0.3, -0.25) is 13.9 Å². The summed E-state index contributed by atoms with van der Waals surface area (Å²) in [5.74, 6) is -0.822. The molecule has 0 bridgehead atoms. The fourth-order valence-corrected chi connectivity index (χ4v) is 6.78. The van der Waals surface area contributed by atoms with Gasteiger partial charge in [0.05, 0.1) is 10.6 Å². The van der Waals surface area contributed by atoms with E-state index in [-0.39, 0.29) is 23.8 Å². The zero-order chi connectivity index (χ0) is 31.0. The zero-order valence-electron chi connectivity index (χ0n) is 23.9. The number of halogens is 2. The highest BCUT2D eigenvalue weighted by molar-refractivity contribution is 9.10. The van der Waals surface area contributed by atoms with E-state index in [1.54, 1.807) is 36.4 Å². The Kier molecular flexibility index (Phi) is 11.2. The molecule has 7 nitrogen and oxygen atoms in total. The summed E-state index contributed by atoms with van der Waals surface area (Å²) in [4.78, 5) is 29.5. The van der Waals surface area contributed by atoms with E-state index >= 15 is 0 Å². The third-order valence-corrected chi connectivity index (χ3v) is 9.68. The van der Waals surface area contributed by atoms with Gasteiger partial charge in [0, 0.05) is 28.5 Å². The molecule has 1 unspecified atom stereocenters. The number of benzene rings is 4. The summed E-state index contributed by atoms with van der Waals surface area (Å²) in [5.41, 5.74) is 2.91. The molecule has 1 N–H and O–H groups in total. The molecule has 0 aliphatic heterocycles. The molecule has 0 aromatic heterocycles. The molecule has 0 fully saturated rings. The van der Waals surface area contributed by atoms with E-state index in [4.69, 9.17) is 0 Å². The fourth-order valence-electron chi connectivity index (χ4n) is 4.65. The van der Waals surface area contributed by atoms with Crippen molar-refractivity contribution >= 4 is 59.4 Å². The van der Waals surface area contributed by atoms with Crippen LogP contribution in [-0.2, 0) is 32.6 Å². The van der Waals surface area contributed by atoms with Crippen molar-refractivity contribution in [1.29, 1.82) is 0 Å². The number of aryl methyl sites for hydroxylation is 1. The zero-order valence-corrected chi connectivity index (χ0v) is 27.9. The first-order chi connectivity index (χ1) is 20.6. The number of anilines is 1. The van der Waals surface area contributed by atoms with Gasteiger partial charge in [-0.25, -0.2) is 8.42 Å². The highest BCUT2D eigenvalue weighted by Crippen LogP contribution is 2.27. The second-order valence-corrected chi connectivity index (χ2v) is 13.7. The number of rotatable bonds is 12. The minimum absolute atomic E-state index is 0.0666. The molecule has 4 rings (SSSR count). The lowest BCUT2D eigenvalue weighted by atomic mass is 10.0. The Balaban J connectivity index is 1.79. The summed E-state index contributed by atoms with van der Waals surface area (Å²) in [6, 6.07) is 29.3. The predicted molar refractivity (Wildman–Crippen MR) is 177 cm³/mol. The van der Waals surface area contributed by atoms with Crippen molar-refractivity contribution in [3.8, 4) is 0 Å². The van der Waals surface area contributed by atoms with Gasteiger partial charge >= 0.3 is 0 Å². The van der Waals surface area contributed by atoms with Gasteiger partial charge in [-0.05, 0) is 73.5 Å². The molecule has 0 saturated heterocycles. The van der Waals surface area contributed by atoms with E-state index in [0.29, 0.717) is 12.2 Å². The lowest BCUT2D eigenvalue weighted by molar-refractivity contribution is -0.140. The minimum atomic E-state index is -4.14. The van der Waals surface area contributed by atoms with Gasteiger partial charge in [-0.15, -0.1) is 0 Å². The van der Waals surface area contributed by atoms with E-state index in [1.807, 2.05) is 68.4 Å². The van der Waals surface area contributed by atoms with E-state index < -0.39 is 28.5 Å². The van der Waals surface area contributed by atoms with Crippen molar-refractivity contribution < 1.29 is 18.0 Å². The third-order valence-electron chi connectivity index (χ3n) is 6.87. The number of hydrogen-bond donors (Lipinski definition) is 1. The standard InChI is InChI=1S/C33H33Br2N3O4S/c1-3-36-33(40)31(21-25-8-5-4-6-9-25)37(22-26-10-7-11-28(35)20-26)32(39)23-38(29-16-14-27(34)15-17-29)43(41,42)30-18-12-24(2)13-19-30/h4-20,31H,3,21-23H2,1-2H3,(H,36,40). The summed E-state index contributed by atoms with van der Waals surface area (Å²) in [6.45, 7) is 3.68. The van der Waals surface area contributed by atoms with E-state index in [9.17, 15) is 18.0 Å². The highest BCUT2D eigenvalue weighted by Gasteiger charge is 2.34. The summed E-state index contributed by atoms with van der Waals surface area (Å²) >= 11 is 6.90. The lowest BCUT2D eigenvalue weighted by Crippen LogP contribution is -2.53. The fraction of sp³-hybridized carbons (Fsp3) is 0.212. The summed E-state index contributed by atoms with van der Waals surface area (Å²) in [6.07, 6.45) is 0.259. The van der Waals surface area contributed by atoms with Crippen molar-refractivity contribution in [2.75, 3.05) is 17.4 Å². The SMILES string of the molecule is CCNC(=O)C(Cc1ccccc1)N(Cc1cccc(Br)c1)C(=O)CN(c1ccc(Br)cc1)S(=O)(=O)c1ccc(C)cc1. The Morgan fingerprint density at radius 3 is 2.09 bits per heavy atom. The maximum absolute atomic E-state index is 14.4. The molecule has 4 aromatic carbocycles. The summed E-state index contributed by atoms with van der Waals surface area (Å²) < 4.78 is 30.8. The number of sulfonamides is 1. The molecular formula is C33H33Br2N3O4S. The van der Waals surface area contributed by atoms with Crippen LogP contribution in [0.15, 0.2) is 117 Å². The smallest absolute Gasteiger partial charge is 0.264 e. The van der Waals surface area contributed by atoms with Crippen molar-refractivity contribution in [1.82, 2.24) is 10.2 Å². The molecule has 2 amide bonds. The van der Waals surface area contributed by atoms with Crippen molar-refractivity contribution in [3.63, 3.8) is 0 Å². The van der Waals surface area contributed by atoms with Gasteiger partial charge in [0.25, 0.3) is 10.0 Å². The van der Waals surface area contributed by atoms with Gasteiger partial charge in [0.1, 0.15) is 12.6 Å². The van der Waals surface area contributed by atoms with Crippen LogP contribution >= 0.6 is 31.9 Å². The molecule has 0 saturated carbocycles. The summed E-state index contributed by atoms with van der Waals surface area (Å²) in [5, 5.41) is 2.87. The minimum Gasteiger partial charge on any atom is -0.355 e. The second-order valence-electron chi connectivity index (χ2n) is 10.1. The van der Waals surface area contributed by atoms with Gasteiger partial charge in [-0.1, -0.05) is 92.0 Å². The van der Waals surface area contributed by atoms with Crippen molar-refractivity contribution in [3.05, 3.63) is 129 Å². The van der Waals surface area contributed by atoms with E-state index in [0.717, 1.165) is 29.9 Å². The molecular weight excluding hydrogens is 694 g/mol. The predicted octanol–water partition coefficient (Wildman–Crippen LogP) is 6.49. The third kappa shape index (κ3) is 8.55. The normalized spacial score (nSPS) is 11.9. The molecule has 0 aliphatic rings. The van der Waals surface area contributed by atoms with Crippen LogP contribution in [0.2, 0.25) is 0 Å². The number of likely N-dealkylation sites (N-methyl/N-ethyl adjacent to an activating group) is 1. The number of carbonyl (C=O) groups excluding carboxylic acids is 2. The average Bonchev–Trinajstić information content (AvgIpc) is 2.99. The Morgan fingerprint density at radius 2 is 1.47 bits per heavy atom. The van der Waals surface area contributed by atoms with Gasteiger partial charge < -0.3 is 10.2 Å². The topological polar surface area (TPSA) is 86.8 Å². The maximum Gasteiger partial charge on any atom is 0.264 e. The van der Waals surface area contributed by atoms with E-state index in [2.05, 4.69) is 37.2 Å². The van der Waals surface area contributed by atoms with Gasteiger partial charge in [0.2, 0.25) is 11.8 Å².